The Bertz CT molecular complexity index is 3920. The van der Waals surface area contributed by atoms with E-state index in [0.29, 0.717) is 101 Å². The first-order valence-electron chi connectivity index (χ1n) is 32.7. The van der Waals surface area contributed by atoms with Crippen LogP contribution in [0.15, 0.2) is 149 Å². The van der Waals surface area contributed by atoms with Crippen LogP contribution in [0.1, 0.15) is 122 Å². The number of carbonyl (C=O) groups is 2. The molecule has 518 valence electrons. The molecule has 0 bridgehead atoms. The van der Waals surface area contributed by atoms with Crippen LogP contribution >= 0.6 is 0 Å². The summed E-state index contributed by atoms with van der Waals surface area (Å²) in [6.45, 7) is 21.8. The number of aromatic nitrogens is 4. The van der Waals surface area contributed by atoms with Crippen LogP contribution in [0.3, 0.4) is 0 Å². The Morgan fingerprint density at radius 3 is 1.45 bits per heavy atom. The molecule has 0 saturated carbocycles. The molecule has 0 saturated heterocycles. The minimum Gasteiger partial charge on any atom is -0.611 e. The maximum Gasteiger partial charge on any atom is 0.261 e. The van der Waals surface area contributed by atoms with Crippen molar-refractivity contribution in [1.29, 1.82) is 0 Å². The normalized spacial score (nSPS) is 14.0. The third kappa shape index (κ3) is 24.4. The Hall–Kier alpha value is -7.26. The summed E-state index contributed by atoms with van der Waals surface area (Å²) in [6.07, 6.45) is 19.5. The summed E-state index contributed by atoms with van der Waals surface area (Å²) in [5.41, 5.74) is 12.4. The van der Waals surface area contributed by atoms with Crippen LogP contribution < -0.4 is 25.2 Å². The number of hydrogen-bond acceptors (Lipinski definition) is 14. The minimum absolute atomic E-state index is 0.162. The second-order valence-electron chi connectivity index (χ2n) is 24.9. The second kappa shape index (κ2) is 36.9. The van der Waals surface area contributed by atoms with Gasteiger partial charge in [0.25, 0.3) is 32.1 Å². The van der Waals surface area contributed by atoms with Crippen LogP contribution in [0.4, 0.5) is 22.7 Å². The molecule has 2 aromatic heterocycles. The highest BCUT2D eigenvalue weighted by atomic mass is 32.2. The summed E-state index contributed by atoms with van der Waals surface area (Å²) in [5, 5.41) is 6.32. The smallest absolute Gasteiger partial charge is 0.261 e. The lowest BCUT2D eigenvalue weighted by atomic mass is 9.92. The highest BCUT2D eigenvalue weighted by Crippen LogP contribution is 2.40. The molecule has 7 aromatic rings. The number of anilines is 4. The van der Waals surface area contributed by atoms with E-state index < -0.39 is 42.6 Å². The van der Waals surface area contributed by atoms with Crippen molar-refractivity contribution in [2.45, 2.75) is 134 Å². The lowest BCUT2D eigenvalue weighted by Crippen LogP contribution is -2.30. The number of fused-ring (bicyclic) bond motifs is 2. The van der Waals surface area contributed by atoms with Gasteiger partial charge in [-0.3, -0.25) is 18.7 Å². The quantitative estimate of drug-likeness (QED) is 0.0212. The van der Waals surface area contributed by atoms with Crippen molar-refractivity contribution in [3.05, 3.63) is 162 Å². The van der Waals surface area contributed by atoms with Gasteiger partial charge in [0.05, 0.1) is 55.6 Å². The van der Waals surface area contributed by atoms with Crippen molar-refractivity contribution >= 4 is 89.3 Å². The number of hydrogen-bond donors (Lipinski definition) is 4. The Morgan fingerprint density at radius 2 is 1.01 bits per heavy atom. The molecule has 96 heavy (non-hydrogen) atoms. The zero-order valence-electron chi connectivity index (χ0n) is 56.7. The van der Waals surface area contributed by atoms with E-state index in [0.717, 1.165) is 140 Å². The maximum atomic E-state index is 14.4. The van der Waals surface area contributed by atoms with Gasteiger partial charge in [0.2, 0.25) is 0 Å². The van der Waals surface area contributed by atoms with Gasteiger partial charge in [0, 0.05) is 85.3 Å². The van der Waals surface area contributed by atoms with E-state index in [-0.39, 0.29) is 11.8 Å². The molecule has 0 radical (unpaired) electrons. The predicted octanol–water partition coefficient (Wildman–Crippen LogP) is 13.6. The first-order valence-corrected chi connectivity index (χ1v) is 39.1. The third-order valence-corrected chi connectivity index (χ3v) is 18.2. The van der Waals surface area contributed by atoms with Gasteiger partial charge in [0.15, 0.2) is 21.3 Å². The molecule has 24 heteroatoms. The number of nitrogens with zero attached hydrogens (tertiary/aromatic N) is 6. The lowest BCUT2D eigenvalue weighted by Gasteiger charge is -2.31. The molecule has 2 unspecified atom stereocenters. The first-order chi connectivity index (χ1) is 45.8. The first kappa shape index (κ1) is 76.1. The van der Waals surface area contributed by atoms with Gasteiger partial charge in [-0.2, -0.15) is 16.8 Å². The van der Waals surface area contributed by atoms with Gasteiger partial charge >= 0.3 is 0 Å². The zero-order chi connectivity index (χ0) is 69.5. The Kier molecular flexibility index (Phi) is 29.3. The van der Waals surface area contributed by atoms with Crippen molar-refractivity contribution in [3.63, 3.8) is 0 Å². The number of amides is 2. The summed E-state index contributed by atoms with van der Waals surface area (Å²) in [6, 6.07) is 34.1. The molecule has 2 amide bonds. The number of aryl methyl sites for hydroxylation is 2. The number of unbranched alkanes of at least 4 members (excludes halogenated alkanes) is 1. The average Bonchev–Trinajstić information content (AvgIpc) is 0.951. The van der Waals surface area contributed by atoms with E-state index in [1.54, 1.807) is 25.0 Å². The van der Waals surface area contributed by atoms with Crippen molar-refractivity contribution in [3.8, 4) is 28.0 Å². The molecule has 0 spiro atoms. The highest BCUT2D eigenvalue weighted by molar-refractivity contribution is 7.91. The molecule has 2 aliphatic heterocycles. The van der Waals surface area contributed by atoms with Crippen LogP contribution in [-0.2, 0) is 81.5 Å². The number of benzene rings is 5. The Morgan fingerprint density at radius 1 is 0.583 bits per heavy atom. The summed E-state index contributed by atoms with van der Waals surface area (Å²) in [7, 11) is -7.33. The van der Waals surface area contributed by atoms with Crippen LogP contribution in [-0.4, -0.2) is 124 Å². The maximum absolute atomic E-state index is 14.4. The lowest BCUT2D eigenvalue weighted by molar-refractivity contribution is -0.113. The van der Waals surface area contributed by atoms with Crippen LogP contribution in [0.5, 0.6) is 5.75 Å². The molecule has 0 aliphatic carbocycles. The number of nitrogens with one attached hydrogen (secondary N) is 2. The molecule has 0 fully saturated rings. The molecule has 5 aromatic carbocycles. The molecule has 9 rings (SSSR count). The van der Waals surface area contributed by atoms with Gasteiger partial charge in [-0.05, 0) is 204 Å². The topological polar surface area (TPSA) is 274 Å². The SMILES string of the molecule is CCCCOCCOc1ccc(-c2ccc3c(c2)C=C(C(=O)Nc2ccc([S+]([O-])Cc4cncn4CCC)cc2)CCCN3CC(C)C)cc1-c1ccc2c(c1)C=C(C(=O)Nc1ccc([S+]([O-])Cc3cncn3CCC)cc1)CCCN2CC(C)C.CS(=O)(=O)O.CS(=O)(=O)O. The fraction of sp³-hybridized carbons (Fsp3) is 0.417. The van der Waals surface area contributed by atoms with E-state index >= 15 is 0 Å². The third-order valence-electron chi connectivity index (χ3n) is 15.5. The van der Waals surface area contributed by atoms with Gasteiger partial charge in [-0.1, -0.05) is 73.1 Å². The standard InChI is InChI=1S/C70H86N8O6S2.2CH4O3S/c1-8-11-34-83-35-36-84-68-29-18-53(52-16-27-66-57(37-52)39-55(14-12-32-75(66)44-50(4)5)69(79)73-59-19-23-63(24-20-59)85(81)46-61-42-71-48-77(61)30-9-2)41-65(68)54-17-28-67-58(38-54)40-56(15-13-33-76(67)45-51(6)7)70(80)74-60-21-25-64(26-22-60)86(82)47-62-43-72-49-78(62)31-10-3;2*1-5(2,3)4/h16-29,37-43,48-51H,8-15,30-36,44-47H2,1-7H3,(H,73,79)(H,74,80);2*1H3,(H,2,3,4). The van der Waals surface area contributed by atoms with Gasteiger partial charge in [-0.15, -0.1) is 0 Å². The zero-order valence-corrected chi connectivity index (χ0v) is 59.9. The predicted molar refractivity (Wildman–Crippen MR) is 387 cm³/mol. The minimum atomic E-state index is -3.67. The molecule has 2 atom stereocenters. The van der Waals surface area contributed by atoms with E-state index in [2.05, 4.69) is 155 Å². The Balaban J connectivity index is 0.00000121. The number of imidazole rings is 2. The van der Waals surface area contributed by atoms with Crippen molar-refractivity contribution in [1.82, 2.24) is 19.1 Å². The second-order valence-corrected chi connectivity index (χ2v) is 30.7. The van der Waals surface area contributed by atoms with Crippen molar-refractivity contribution < 1.29 is 54.1 Å². The van der Waals surface area contributed by atoms with Crippen molar-refractivity contribution in [2.24, 2.45) is 11.8 Å². The van der Waals surface area contributed by atoms with Gasteiger partial charge in [-0.25, -0.2) is 9.97 Å². The van der Waals surface area contributed by atoms with Crippen LogP contribution in [0.2, 0.25) is 0 Å². The van der Waals surface area contributed by atoms with E-state index in [1.165, 1.54) is 0 Å². The molecular formula is C72H94N8O12S4. The molecule has 2 aliphatic rings. The van der Waals surface area contributed by atoms with E-state index in [4.69, 9.17) is 18.6 Å². The fourth-order valence-electron chi connectivity index (χ4n) is 11.2. The molecule has 4 N–H and O–H groups in total. The Labute approximate surface area is 573 Å². The van der Waals surface area contributed by atoms with Gasteiger partial charge < -0.3 is 48.1 Å². The number of rotatable bonds is 27. The van der Waals surface area contributed by atoms with Crippen molar-refractivity contribution in [2.75, 3.05) is 78.9 Å². The summed E-state index contributed by atoms with van der Waals surface area (Å²) < 4.78 is 95.3. The fourth-order valence-corrected chi connectivity index (χ4v) is 13.5. The number of ether oxygens (including phenoxy) is 2. The molecule has 4 heterocycles. The van der Waals surface area contributed by atoms with Crippen LogP contribution in [0, 0.1) is 11.8 Å². The van der Waals surface area contributed by atoms with E-state index in [1.807, 2.05) is 48.5 Å². The van der Waals surface area contributed by atoms with E-state index in [9.17, 15) is 35.5 Å². The highest BCUT2D eigenvalue weighted by Gasteiger charge is 2.25. The summed E-state index contributed by atoms with van der Waals surface area (Å²) in [5.74, 6) is 1.97. The monoisotopic (exact) mass is 1390 g/mol. The van der Waals surface area contributed by atoms with Crippen LogP contribution in [0.25, 0.3) is 34.4 Å². The van der Waals surface area contributed by atoms with Gasteiger partial charge in [0.1, 0.15) is 12.4 Å². The average molecular weight is 1390 g/mol. The molecule has 20 nitrogen and oxygen atoms in total. The number of carbonyl (C=O) groups excluding carboxylic acids is 2. The largest absolute Gasteiger partial charge is 0.611 e. The molecular weight excluding hydrogens is 1300 g/mol. The summed E-state index contributed by atoms with van der Waals surface area (Å²) >= 11 is -2.55. The summed E-state index contributed by atoms with van der Waals surface area (Å²) in [4.78, 5) is 43.5.